The summed E-state index contributed by atoms with van der Waals surface area (Å²) in [6, 6.07) is 7.73. The van der Waals surface area contributed by atoms with E-state index in [4.69, 9.17) is 9.47 Å². The summed E-state index contributed by atoms with van der Waals surface area (Å²) in [6.07, 6.45) is 21.2. The molecule has 8 unspecified atom stereocenters. The smallest absolute Gasteiger partial charge is 0.331 e. The van der Waals surface area contributed by atoms with Crippen LogP contribution in [0, 0.1) is 45.8 Å². The summed E-state index contributed by atoms with van der Waals surface area (Å²) in [6.45, 7) is 16.9. The van der Waals surface area contributed by atoms with Crippen LogP contribution in [-0.4, -0.2) is 19.2 Å². The van der Waals surface area contributed by atoms with Crippen LogP contribution in [0.15, 0.2) is 53.6 Å². The number of esters is 1. The largest absolute Gasteiger partial charge is 0.497 e. The number of unbranched alkanes of at least 4 members (excludes halogenated alkanes) is 1. The van der Waals surface area contributed by atoms with Crippen molar-refractivity contribution in [2.24, 2.45) is 45.8 Å². The van der Waals surface area contributed by atoms with Crippen molar-refractivity contribution in [3.8, 4) is 5.75 Å². The lowest BCUT2D eigenvalue weighted by molar-refractivity contribution is -0.153. The van der Waals surface area contributed by atoms with Crippen LogP contribution in [0.1, 0.15) is 118 Å². The quantitative estimate of drug-likeness (QED) is 0.125. The van der Waals surface area contributed by atoms with Crippen molar-refractivity contribution in [1.29, 1.82) is 0 Å². The molecule has 0 spiro atoms. The predicted molar refractivity (Wildman–Crippen MR) is 179 cm³/mol. The Morgan fingerprint density at radius 2 is 1.74 bits per heavy atom. The van der Waals surface area contributed by atoms with Crippen LogP contribution >= 0.6 is 0 Å². The average molecular weight is 587 g/mol. The Morgan fingerprint density at radius 3 is 2.44 bits per heavy atom. The summed E-state index contributed by atoms with van der Waals surface area (Å²) in [5.74, 6) is 4.68. The molecule has 0 heterocycles. The first-order chi connectivity index (χ1) is 20.4. The van der Waals surface area contributed by atoms with Crippen LogP contribution in [0.25, 0.3) is 6.08 Å². The molecule has 0 saturated heterocycles. The van der Waals surface area contributed by atoms with Gasteiger partial charge in [0.25, 0.3) is 0 Å². The molecule has 3 heteroatoms. The molecule has 236 valence electrons. The molecule has 5 rings (SSSR count). The number of hydrogen-bond acceptors (Lipinski definition) is 3. The maximum Gasteiger partial charge on any atom is 0.331 e. The Labute approximate surface area is 262 Å². The van der Waals surface area contributed by atoms with Crippen molar-refractivity contribution in [2.75, 3.05) is 7.11 Å². The molecule has 0 radical (unpaired) electrons. The van der Waals surface area contributed by atoms with E-state index >= 15 is 0 Å². The van der Waals surface area contributed by atoms with Gasteiger partial charge in [0.05, 0.1) is 7.11 Å². The van der Waals surface area contributed by atoms with E-state index in [1.807, 2.05) is 30.3 Å². The summed E-state index contributed by atoms with van der Waals surface area (Å²) in [4.78, 5) is 13.0. The molecule has 4 aliphatic rings. The van der Waals surface area contributed by atoms with Gasteiger partial charge in [-0.3, -0.25) is 0 Å². The zero-order valence-electron chi connectivity index (χ0n) is 28.4. The Kier molecular flexibility index (Phi) is 9.41. The van der Waals surface area contributed by atoms with Gasteiger partial charge in [-0.05, 0) is 136 Å². The minimum atomic E-state index is -0.243. The lowest BCUT2D eigenvalue weighted by Gasteiger charge is -2.61. The van der Waals surface area contributed by atoms with Crippen LogP contribution in [0.4, 0.5) is 0 Å². The Morgan fingerprint density at radius 1 is 1.00 bits per heavy atom. The first kappa shape index (κ1) is 32.1. The van der Waals surface area contributed by atoms with Crippen molar-refractivity contribution >= 4 is 12.0 Å². The zero-order valence-corrected chi connectivity index (χ0v) is 28.4. The molecule has 3 nitrogen and oxygen atoms in total. The van der Waals surface area contributed by atoms with E-state index < -0.39 is 0 Å². The molecule has 43 heavy (non-hydrogen) atoms. The van der Waals surface area contributed by atoms with E-state index in [1.54, 1.807) is 18.8 Å². The second-order valence-corrected chi connectivity index (χ2v) is 15.9. The molecule has 1 aromatic carbocycles. The molecule has 3 fully saturated rings. The Bertz CT molecular complexity index is 1230. The first-order valence-corrected chi connectivity index (χ1v) is 17.3. The van der Waals surface area contributed by atoms with Gasteiger partial charge in [0.2, 0.25) is 0 Å². The molecule has 1 aromatic rings. The van der Waals surface area contributed by atoms with E-state index in [0.29, 0.717) is 5.41 Å². The summed E-state index contributed by atoms with van der Waals surface area (Å²) in [7, 11) is 1.66. The fraction of sp³-hybridized carbons (Fsp3) is 0.675. The van der Waals surface area contributed by atoms with E-state index in [1.165, 1.54) is 56.9 Å². The van der Waals surface area contributed by atoms with Crippen LogP contribution < -0.4 is 4.74 Å². The molecule has 0 N–H and O–H groups in total. The van der Waals surface area contributed by atoms with Gasteiger partial charge in [-0.25, -0.2) is 4.79 Å². The number of methoxy groups -OCH3 is 1. The molecule has 8 atom stereocenters. The van der Waals surface area contributed by atoms with Crippen molar-refractivity contribution in [3.05, 3.63) is 59.2 Å². The lowest BCUT2D eigenvalue weighted by atomic mass is 9.44. The predicted octanol–water partition coefficient (Wildman–Crippen LogP) is 10.6. The molecule has 0 aliphatic heterocycles. The second kappa shape index (κ2) is 12.6. The van der Waals surface area contributed by atoms with Gasteiger partial charge in [-0.15, -0.1) is 0 Å². The van der Waals surface area contributed by atoms with Gasteiger partial charge in [0, 0.05) is 11.5 Å². The SMILES string of the molecule is COc1ccc(C=CC(=O)OC2CCC3(C)C(=CCC4C3CCC3(C)C(C(C)CCCC=C(C)C)CCC43)C2(C)C)cc1. The lowest BCUT2D eigenvalue weighted by Crippen LogP contribution is -2.55. The molecule has 0 aromatic heterocycles. The average Bonchev–Trinajstić information content (AvgIpc) is 3.33. The van der Waals surface area contributed by atoms with Crippen molar-refractivity contribution in [2.45, 2.75) is 119 Å². The standard InChI is InChI=1S/C40H58O3/c1-27(2)11-9-10-12-28(3)32-19-20-33-31-18-21-35-38(4,5)36(24-26-40(35,7)34(31)23-25-39(32,33)6)43-37(41)22-15-29-13-16-30(42-8)17-14-29/h11,13-17,21-22,28,31-34,36H,9-10,12,18-20,23-26H2,1-8H3. The molecule has 0 amide bonds. The fourth-order valence-corrected chi connectivity index (χ4v) is 10.7. The number of hydrogen-bond donors (Lipinski definition) is 0. The maximum atomic E-state index is 13.0. The highest BCUT2D eigenvalue weighted by atomic mass is 16.5. The molecular weight excluding hydrogens is 528 g/mol. The molecule has 3 saturated carbocycles. The number of fused-ring (bicyclic) bond motifs is 5. The maximum absolute atomic E-state index is 13.0. The van der Waals surface area contributed by atoms with Gasteiger partial charge >= 0.3 is 5.97 Å². The normalized spacial score (nSPS) is 35.3. The van der Waals surface area contributed by atoms with Crippen LogP contribution in [-0.2, 0) is 9.53 Å². The third-order valence-electron chi connectivity index (χ3n) is 12.9. The number of benzene rings is 1. The number of ether oxygens (including phenoxy) is 2. The molecule has 0 bridgehead atoms. The Balaban J connectivity index is 1.26. The summed E-state index contributed by atoms with van der Waals surface area (Å²) in [5, 5.41) is 0. The number of carbonyl (C=O) groups is 1. The number of rotatable bonds is 9. The molecular formula is C40H58O3. The van der Waals surface area contributed by atoms with Gasteiger partial charge < -0.3 is 9.47 Å². The highest BCUT2D eigenvalue weighted by molar-refractivity contribution is 5.87. The highest BCUT2D eigenvalue weighted by Crippen LogP contribution is 2.69. The summed E-state index contributed by atoms with van der Waals surface area (Å²) in [5.41, 5.74) is 4.54. The third kappa shape index (κ3) is 6.16. The minimum Gasteiger partial charge on any atom is -0.497 e. The topological polar surface area (TPSA) is 35.5 Å². The van der Waals surface area contributed by atoms with Gasteiger partial charge in [-0.2, -0.15) is 0 Å². The van der Waals surface area contributed by atoms with Gasteiger partial charge in [0.1, 0.15) is 11.9 Å². The molecule has 4 aliphatic carbocycles. The van der Waals surface area contributed by atoms with Crippen molar-refractivity contribution < 1.29 is 14.3 Å². The minimum absolute atomic E-state index is 0.0895. The van der Waals surface area contributed by atoms with Crippen LogP contribution in [0.3, 0.4) is 0 Å². The first-order valence-electron chi connectivity index (χ1n) is 17.3. The van der Waals surface area contributed by atoms with E-state index in [9.17, 15) is 4.79 Å². The number of allylic oxidation sites excluding steroid dienone is 3. The van der Waals surface area contributed by atoms with Crippen molar-refractivity contribution in [1.82, 2.24) is 0 Å². The third-order valence-corrected chi connectivity index (χ3v) is 12.9. The van der Waals surface area contributed by atoms with E-state index in [2.05, 4.69) is 60.6 Å². The number of carbonyl (C=O) groups excluding carboxylic acids is 1. The van der Waals surface area contributed by atoms with E-state index in [-0.39, 0.29) is 22.9 Å². The zero-order chi connectivity index (χ0) is 31.0. The summed E-state index contributed by atoms with van der Waals surface area (Å²) < 4.78 is 11.4. The monoisotopic (exact) mass is 586 g/mol. The van der Waals surface area contributed by atoms with Gasteiger partial charge in [-0.1, -0.05) is 76.5 Å². The summed E-state index contributed by atoms with van der Waals surface area (Å²) >= 11 is 0. The Hall–Kier alpha value is -2.29. The fourth-order valence-electron chi connectivity index (χ4n) is 10.7. The van der Waals surface area contributed by atoms with E-state index in [0.717, 1.165) is 53.7 Å². The van der Waals surface area contributed by atoms with Gasteiger partial charge in [0.15, 0.2) is 0 Å². The van der Waals surface area contributed by atoms with Crippen LogP contribution in [0.2, 0.25) is 0 Å². The van der Waals surface area contributed by atoms with Crippen LogP contribution in [0.5, 0.6) is 5.75 Å². The highest BCUT2D eigenvalue weighted by Gasteiger charge is 2.61. The second-order valence-electron chi connectivity index (χ2n) is 15.9. The van der Waals surface area contributed by atoms with Crippen molar-refractivity contribution in [3.63, 3.8) is 0 Å².